The van der Waals surface area contributed by atoms with Gasteiger partial charge in [0.1, 0.15) is 5.15 Å². The molecule has 5 nitrogen and oxygen atoms in total. The van der Waals surface area contributed by atoms with E-state index in [1.807, 2.05) is 18.2 Å². The van der Waals surface area contributed by atoms with Crippen LogP contribution in [0.25, 0.3) is 23.1 Å². The van der Waals surface area contributed by atoms with Crippen molar-refractivity contribution in [2.45, 2.75) is 0 Å². The summed E-state index contributed by atoms with van der Waals surface area (Å²) in [5.74, 6) is 1.69. The van der Waals surface area contributed by atoms with Gasteiger partial charge in [0.25, 0.3) is 0 Å². The van der Waals surface area contributed by atoms with Crippen LogP contribution in [0.4, 0.5) is 0 Å². The van der Waals surface area contributed by atoms with Crippen molar-refractivity contribution in [2.24, 2.45) is 0 Å². The fourth-order valence-corrected chi connectivity index (χ4v) is 2.39. The average Bonchev–Trinajstić information content (AvgIpc) is 2.59. The molecule has 0 saturated heterocycles. The van der Waals surface area contributed by atoms with Crippen LogP contribution in [0.2, 0.25) is 5.15 Å². The number of ether oxygens (including phenoxy) is 2. The zero-order chi connectivity index (χ0) is 16.2. The fraction of sp³-hybridized carbons (Fsp3) is 0.118. The number of pyridine rings is 1. The third-order valence-electron chi connectivity index (χ3n) is 3.28. The second-order valence-electron chi connectivity index (χ2n) is 4.72. The van der Waals surface area contributed by atoms with E-state index in [4.69, 9.17) is 21.1 Å². The Bertz CT molecular complexity index is 867. The first-order valence-electron chi connectivity index (χ1n) is 6.88. The van der Waals surface area contributed by atoms with Crippen molar-refractivity contribution >= 4 is 34.7 Å². The predicted molar refractivity (Wildman–Crippen MR) is 90.8 cm³/mol. The highest BCUT2D eigenvalue weighted by atomic mass is 35.5. The molecular weight excluding hydrogens is 314 g/mol. The van der Waals surface area contributed by atoms with Crippen molar-refractivity contribution in [3.8, 4) is 11.5 Å². The number of fused-ring (bicyclic) bond motifs is 1. The normalized spacial score (nSPS) is 11.1. The molecule has 0 atom stereocenters. The number of aromatic nitrogens is 3. The number of hydrogen-bond acceptors (Lipinski definition) is 5. The van der Waals surface area contributed by atoms with Gasteiger partial charge in [0.15, 0.2) is 17.3 Å². The Hall–Kier alpha value is -2.66. The Kier molecular flexibility index (Phi) is 4.39. The third kappa shape index (κ3) is 3.24. The minimum absolute atomic E-state index is 0.363. The van der Waals surface area contributed by atoms with Crippen LogP contribution < -0.4 is 9.47 Å². The van der Waals surface area contributed by atoms with Crippen molar-refractivity contribution in [3.05, 3.63) is 53.2 Å². The molecule has 0 fully saturated rings. The molecule has 23 heavy (non-hydrogen) atoms. The Morgan fingerprint density at radius 1 is 1.04 bits per heavy atom. The van der Waals surface area contributed by atoms with Gasteiger partial charge in [-0.1, -0.05) is 17.7 Å². The maximum absolute atomic E-state index is 6.27. The minimum Gasteiger partial charge on any atom is -0.493 e. The summed E-state index contributed by atoms with van der Waals surface area (Å²) in [5, 5.41) is 1.07. The molecule has 0 unspecified atom stereocenters. The van der Waals surface area contributed by atoms with Crippen molar-refractivity contribution in [1.82, 2.24) is 15.0 Å². The van der Waals surface area contributed by atoms with Crippen molar-refractivity contribution in [1.29, 1.82) is 0 Å². The highest BCUT2D eigenvalue weighted by molar-refractivity contribution is 6.34. The first-order valence-corrected chi connectivity index (χ1v) is 7.26. The molecule has 0 N–H and O–H groups in total. The smallest absolute Gasteiger partial charge is 0.162 e. The van der Waals surface area contributed by atoms with E-state index in [1.165, 1.54) is 0 Å². The van der Waals surface area contributed by atoms with Crippen LogP contribution in [0.1, 0.15) is 11.4 Å². The molecule has 0 aliphatic carbocycles. The number of rotatable bonds is 4. The van der Waals surface area contributed by atoms with E-state index >= 15 is 0 Å². The molecule has 0 bridgehead atoms. The molecule has 6 heteroatoms. The van der Waals surface area contributed by atoms with Crippen LogP contribution in [-0.4, -0.2) is 29.2 Å². The molecule has 2 heterocycles. The molecule has 3 rings (SSSR count). The van der Waals surface area contributed by atoms with Crippen molar-refractivity contribution in [3.63, 3.8) is 0 Å². The van der Waals surface area contributed by atoms with Gasteiger partial charge in [-0.05, 0) is 29.8 Å². The Balaban J connectivity index is 2.05. The molecule has 0 amide bonds. The lowest BCUT2D eigenvalue weighted by atomic mass is 10.2. The lowest BCUT2D eigenvalue weighted by Gasteiger charge is -2.09. The van der Waals surface area contributed by atoms with Gasteiger partial charge in [0, 0.05) is 23.8 Å². The number of hydrogen-bond donors (Lipinski definition) is 0. The van der Waals surface area contributed by atoms with Gasteiger partial charge in [-0.3, -0.25) is 4.98 Å². The van der Waals surface area contributed by atoms with Gasteiger partial charge >= 0.3 is 0 Å². The maximum atomic E-state index is 6.27. The first kappa shape index (κ1) is 15.2. The summed E-state index contributed by atoms with van der Waals surface area (Å²) >= 11 is 6.27. The van der Waals surface area contributed by atoms with Crippen LogP contribution in [0.15, 0.2) is 36.7 Å². The van der Waals surface area contributed by atoms with Crippen LogP contribution in [0.3, 0.4) is 0 Å². The van der Waals surface area contributed by atoms with Crippen molar-refractivity contribution < 1.29 is 9.47 Å². The Morgan fingerprint density at radius 2 is 1.83 bits per heavy atom. The maximum Gasteiger partial charge on any atom is 0.162 e. The second-order valence-corrected chi connectivity index (χ2v) is 5.07. The second kappa shape index (κ2) is 6.62. The molecule has 0 saturated carbocycles. The number of nitrogens with zero attached hydrogens (tertiary/aromatic N) is 3. The van der Waals surface area contributed by atoms with E-state index in [0.717, 1.165) is 5.56 Å². The monoisotopic (exact) mass is 327 g/mol. The molecule has 2 aromatic heterocycles. The number of halogens is 1. The summed E-state index contributed by atoms with van der Waals surface area (Å²) in [7, 11) is 3.15. The predicted octanol–water partition coefficient (Wildman–Crippen LogP) is 3.87. The molecule has 3 aromatic rings. The highest BCUT2D eigenvalue weighted by Gasteiger charge is 2.11. The van der Waals surface area contributed by atoms with E-state index in [1.54, 1.807) is 44.8 Å². The van der Waals surface area contributed by atoms with Crippen LogP contribution in [0, 0.1) is 0 Å². The number of benzene rings is 1. The van der Waals surface area contributed by atoms with Crippen LogP contribution in [-0.2, 0) is 0 Å². The summed E-state index contributed by atoms with van der Waals surface area (Å²) in [6, 6.07) is 7.36. The first-order chi connectivity index (χ1) is 11.2. The summed E-state index contributed by atoms with van der Waals surface area (Å²) in [5.41, 5.74) is 1.65. The molecular formula is C17H14ClN3O2. The molecule has 116 valence electrons. The summed E-state index contributed by atoms with van der Waals surface area (Å²) in [4.78, 5) is 12.9. The van der Waals surface area contributed by atoms with E-state index in [-0.39, 0.29) is 0 Å². The summed E-state index contributed by atoms with van der Waals surface area (Å²) in [6.07, 6.45) is 7.15. The van der Waals surface area contributed by atoms with Crippen molar-refractivity contribution in [2.75, 3.05) is 14.2 Å². The molecule has 0 spiro atoms. The summed E-state index contributed by atoms with van der Waals surface area (Å²) < 4.78 is 10.6. The highest BCUT2D eigenvalue weighted by Crippen LogP contribution is 2.33. The Morgan fingerprint density at radius 3 is 2.52 bits per heavy atom. The third-order valence-corrected chi connectivity index (χ3v) is 3.57. The van der Waals surface area contributed by atoms with Gasteiger partial charge in [-0.25, -0.2) is 9.97 Å². The average molecular weight is 328 g/mol. The van der Waals surface area contributed by atoms with Crippen LogP contribution >= 0.6 is 11.6 Å². The zero-order valence-corrected chi connectivity index (χ0v) is 13.4. The molecule has 1 aromatic carbocycles. The number of methoxy groups -OCH3 is 2. The van der Waals surface area contributed by atoms with E-state index in [2.05, 4.69) is 15.0 Å². The lowest BCUT2D eigenvalue weighted by molar-refractivity contribution is 0.356. The fourth-order valence-electron chi connectivity index (χ4n) is 2.16. The van der Waals surface area contributed by atoms with Gasteiger partial charge in [0.2, 0.25) is 0 Å². The lowest BCUT2D eigenvalue weighted by Crippen LogP contribution is -1.95. The quantitative estimate of drug-likeness (QED) is 0.681. The summed E-state index contributed by atoms with van der Waals surface area (Å²) in [6.45, 7) is 0. The molecule has 0 aliphatic heterocycles. The minimum atomic E-state index is 0.363. The molecule has 0 aliphatic rings. The van der Waals surface area contributed by atoms with E-state index in [9.17, 15) is 0 Å². The van der Waals surface area contributed by atoms with Gasteiger partial charge in [-0.15, -0.1) is 0 Å². The van der Waals surface area contributed by atoms with Gasteiger partial charge < -0.3 is 9.47 Å². The van der Waals surface area contributed by atoms with E-state index < -0.39 is 0 Å². The van der Waals surface area contributed by atoms with Gasteiger partial charge in [0.05, 0.1) is 19.7 Å². The van der Waals surface area contributed by atoms with Gasteiger partial charge in [-0.2, -0.15) is 0 Å². The van der Waals surface area contributed by atoms with E-state index in [0.29, 0.717) is 33.4 Å². The standard InChI is InChI=1S/C17H14ClN3O2/c1-22-14-8-12-13(9-15(14)23-2)20-16(21-17(12)18)6-5-11-4-3-7-19-10-11/h3-10H,1-2H3/b6-5+. The SMILES string of the molecule is COc1cc2nc(/C=C/c3cccnc3)nc(Cl)c2cc1OC. The largest absolute Gasteiger partial charge is 0.493 e. The molecule has 0 radical (unpaired) electrons. The topological polar surface area (TPSA) is 57.1 Å². The zero-order valence-electron chi connectivity index (χ0n) is 12.7. The van der Waals surface area contributed by atoms with Crippen LogP contribution in [0.5, 0.6) is 11.5 Å². The Labute approximate surface area is 138 Å².